The van der Waals surface area contributed by atoms with Crippen LogP contribution in [0.15, 0.2) is 22.7 Å². The molecule has 1 saturated heterocycles. The number of hydrogen-bond acceptors (Lipinski definition) is 2. The zero-order chi connectivity index (χ0) is 14.8. The molecule has 1 aliphatic carbocycles. The second kappa shape index (κ2) is 6.49. The van der Waals surface area contributed by atoms with E-state index in [1.54, 1.807) is 0 Å². The fourth-order valence-corrected chi connectivity index (χ4v) is 3.54. The van der Waals surface area contributed by atoms with Crippen LogP contribution in [0.3, 0.4) is 0 Å². The summed E-state index contributed by atoms with van der Waals surface area (Å²) in [6, 6.07) is 6.41. The van der Waals surface area contributed by atoms with Crippen molar-refractivity contribution in [3.05, 3.63) is 33.8 Å². The molecule has 1 aliphatic heterocycles. The van der Waals surface area contributed by atoms with Crippen molar-refractivity contribution in [2.45, 2.75) is 38.6 Å². The number of amides is 1. The smallest absolute Gasteiger partial charge is 0.255 e. The Morgan fingerprint density at radius 2 is 2.19 bits per heavy atom. The lowest BCUT2D eigenvalue weighted by molar-refractivity contribution is 0.0703. The summed E-state index contributed by atoms with van der Waals surface area (Å²) in [5.41, 5.74) is 1.93. The third-order valence-corrected chi connectivity index (χ3v) is 5.58. The zero-order valence-electron chi connectivity index (χ0n) is 12.6. The van der Waals surface area contributed by atoms with Crippen molar-refractivity contribution in [3.63, 3.8) is 0 Å². The van der Waals surface area contributed by atoms with Gasteiger partial charge in [-0.25, -0.2) is 0 Å². The maximum absolute atomic E-state index is 12.9. The van der Waals surface area contributed by atoms with Gasteiger partial charge in [0.15, 0.2) is 0 Å². The van der Waals surface area contributed by atoms with Gasteiger partial charge in [-0.15, -0.1) is 0 Å². The molecular weight excluding hydrogens is 328 g/mol. The van der Waals surface area contributed by atoms with Gasteiger partial charge >= 0.3 is 0 Å². The van der Waals surface area contributed by atoms with Gasteiger partial charge in [0, 0.05) is 17.1 Å². The van der Waals surface area contributed by atoms with E-state index in [0.717, 1.165) is 48.1 Å². The van der Waals surface area contributed by atoms with Crippen molar-refractivity contribution in [1.82, 2.24) is 10.2 Å². The molecule has 2 aliphatic rings. The Hall–Kier alpha value is -0.870. The fourth-order valence-electron chi connectivity index (χ4n) is 3.11. The summed E-state index contributed by atoms with van der Waals surface area (Å²) in [6.07, 6.45) is 4.79. The summed E-state index contributed by atoms with van der Waals surface area (Å²) in [5.74, 6) is 0.797. The highest BCUT2D eigenvalue weighted by Gasteiger charge is 2.35. The van der Waals surface area contributed by atoms with Crippen molar-refractivity contribution in [2.24, 2.45) is 5.92 Å². The molecule has 2 fully saturated rings. The molecule has 1 heterocycles. The molecule has 0 radical (unpaired) electrons. The minimum Gasteiger partial charge on any atom is -0.335 e. The number of carbonyl (C=O) groups is 1. The molecule has 114 valence electrons. The topological polar surface area (TPSA) is 32.3 Å². The normalized spacial score (nSPS) is 22.1. The molecule has 1 N–H and O–H groups in total. The number of nitrogens with zero attached hydrogens (tertiary/aromatic N) is 1. The third-order valence-electron chi connectivity index (χ3n) is 4.52. The Labute approximate surface area is 135 Å². The number of benzene rings is 1. The highest BCUT2D eigenvalue weighted by atomic mass is 79.9. The van der Waals surface area contributed by atoms with Crippen LogP contribution < -0.4 is 5.32 Å². The van der Waals surface area contributed by atoms with Gasteiger partial charge in [-0.2, -0.15) is 0 Å². The van der Waals surface area contributed by atoms with Crippen molar-refractivity contribution in [2.75, 3.05) is 19.6 Å². The molecule has 0 spiro atoms. The Kier molecular flexibility index (Phi) is 4.65. The van der Waals surface area contributed by atoms with Crippen molar-refractivity contribution < 1.29 is 4.79 Å². The molecular formula is C17H23BrN2O. The Morgan fingerprint density at radius 3 is 2.86 bits per heavy atom. The molecule has 0 bridgehead atoms. The van der Waals surface area contributed by atoms with E-state index < -0.39 is 0 Å². The van der Waals surface area contributed by atoms with E-state index in [-0.39, 0.29) is 5.91 Å². The molecule has 21 heavy (non-hydrogen) atoms. The molecule has 4 heteroatoms. The summed E-state index contributed by atoms with van der Waals surface area (Å²) < 4.78 is 0.947. The predicted molar refractivity (Wildman–Crippen MR) is 88.5 cm³/mol. The van der Waals surface area contributed by atoms with Gasteiger partial charge in [-0.1, -0.05) is 12.1 Å². The summed E-state index contributed by atoms with van der Waals surface area (Å²) in [5, 5.41) is 3.45. The van der Waals surface area contributed by atoms with Crippen LogP contribution in [0.1, 0.15) is 41.6 Å². The SMILES string of the molecule is Cc1cccc(C(=O)N(CC2CCCNC2)C2CC2)c1Br. The van der Waals surface area contributed by atoms with Crippen LogP contribution in [-0.4, -0.2) is 36.5 Å². The Morgan fingerprint density at radius 1 is 1.38 bits per heavy atom. The first-order valence-electron chi connectivity index (χ1n) is 7.93. The molecule has 1 unspecified atom stereocenters. The van der Waals surface area contributed by atoms with Gasteiger partial charge in [0.05, 0.1) is 5.56 Å². The molecule has 1 atom stereocenters. The van der Waals surface area contributed by atoms with E-state index in [2.05, 4.69) is 26.1 Å². The monoisotopic (exact) mass is 350 g/mol. The minimum absolute atomic E-state index is 0.193. The third kappa shape index (κ3) is 3.49. The summed E-state index contributed by atoms with van der Waals surface area (Å²) >= 11 is 3.58. The fraction of sp³-hybridized carbons (Fsp3) is 0.588. The Bertz CT molecular complexity index is 522. The lowest BCUT2D eigenvalue weighted by Gasteiger charge is -2.30. The van der Waals surface area contributed by atoms with Gasteiger partial charge < -0.3 is 10.2 Å². The van der Waals surface area contributed by atoms with Crippen LogP contribution in [0.5, 0.6) is 0 Å². The maximum atomic E-state index is 12.9. The first-order chi connectivity index (χ1) is 10.2. The highest BCUT2D eigenvalue weighted by molar-refractivity contribution is 9.10. The van der Waals surface area contributed by atoms with E-state index in [4.69, 9.17) is 0 Å². The second-order valence-corrected chi connectivity index (χ2v) is 7.13. The highest BCUT2D eigenvalue weighted by Crippen LogP contribution is 2.32. The molecule has 3 rings (SSSR count). The van der Waals surface area contributed by atoms with Crippen LogP contribution in [0.2, 0.25) is 0 Å². The van der Waals surface area contributed by atoms with Crippen molar-refractivity contribution in [3.8, 4) is 0 Å². The van der Waals surface area contributed by atoms with Gasteiger partial charge in [0.25, 0.3) is 5.91 Å². The predicted octanol–water partition coefficient (Wildman–Crippen LogP) is 3.36. The van der Waals surface area contributed by atoms with Crippen molar-refractivity contribution in [1.29, 1.82) is 0 Å². The minimum atomic E-state index is 0.193. The Balaban J connectivity index is 1.76. The number of halogens is 1. The molecule has 1 saturated carbocycles. The molecule has 1 amide bonds. The largest absolute Gasteiger partial charge is 0.335 e. The van der Waals surface area contributed by atoms with E-state index in [1.165, 1.54) is 12.8 Å². The van der Waals surface area contributed by atoms with Gasteiger partial charge in [-0.05, 0) is 79.2 Å². The van der Waals surface area contributed by atoms with Gasteiger partial charge in [-0.3, -0.25) is 4.79 Å². The summed E-state index contributed by atoms with van der Waals surface area (Å²) in [6.45, 7) is 5.10. The zero-order valence-corrected chi connectivity index (χ0v) is 14.2. The number of aryl methyl sites for hydroxylation is 1. The summed E-state index contributed by atoms with van der Waals surface area (Å²) in [7, 11) is 0. The van der Waals surface area contributed by atoms with Gasteiger partial charge in [0.2, 0.25) is 0 Å². The second-order valence-electron chi connectivity index (χ2n) is 6.34. The maximum Gasteiger partial charge on any atom is 0.255 e. The average molecular weight is 351 g/mol. The molecule has 1 aromatic carbocycles. The standard InChI is InChI=1S/C17H23BrN2O/c1-12-4-2-6-15(16(12)18)17(21)20(14-7-8-14)11-13-5-3-9-19-10-13/h2,4,6,13-14,19H,3,5,7-11H2,1H3. The number of nitrogens with one attached hydrogen (secondary N) is 1. The van der Waals surface area contributed by atoms with E-state index in [9.17, 15) is 4.79 Å². The van der Waals surface area contributed by atoms with Crippen LogP contribution in [0.25, 0.3) is 0 Å². The van der Waals surface area contributed by atoms with Crippen LogP contribution in [0.4, 0.5) is 0 Å². The van der Waals surface area contributed by atoms with Crippen LogP contribution >= 0.6 is 15.9 Å². The molecule has 3 nitrogen and oxygen atoms in total. The van der Waals surface area contributed by atoms with E-state index in [0.29, 0.717) is 12.0 Å². The lowest BCUT2D eigenvalue weighted by Crippen LogP contribution is -2.42. The number of carbonyl (C=O) groups excluding carboxylic acids is 1. The number of rotatable bonds is 4. The van der Waals surface area contributed by atoms with Gasteiger partial charge in [0.1, 0.15) is 0 Å². The van der Waals surface area contributed by atoms with E-state index in [1.807, 2.05) is 25.1 Å². The average Bonchev–Trinajstić information content (AvgIpc) is 3.33. The quantitative estimate of drug-likeness (QED) is 0.902. The molecule has 1 aromatic rings. The van der Waals surface area contributed by atoms with Crippen molar-refractivity contribution >= 4 is 21.8 Å². The van der Waals surface area contributed by atoms with E-state index >= 15 is 0 Å². The summed E-state index contributed by atoms with van der Waals surface area (Å²) in [4.78, 5) is 15.1. The first kappa shape index (κ1) is 15.0. The first-order valence-corrected chi connectivity index (χ1v) is 8.73. The van der Waals surface area contributed by atoms with Crippen LogP contribution in [0, 0.1) is 12.8 Å². The number of hydrogen-bond donors (Lipinski definition) is 1. The lowest BCUT2D eigenvalue weighted by atomic mass is 9.98. The number of piperidine rings is 1. The van der Waals surface area contributed by atoms with Crippen LogP contribution in [-0.2, 0) is 0 Å². The molecule has 0 aromatic heterocycles.